The van der Waals surface area contributed by atoms with Crippen molar-refractivity contribution in [3.63, 3.8) is 0 Å². The molecule has 0 aromatic heterocycles. The number of nitrogens with zero attached hydrogens (tertiary/aromatic N) is 1. The monoisotopic (exact) mass is 495 g/mol. The molecule has 0 bridgehead atoms. The van der Waals surface area contributed by atoms with Crippen LogP contribution in [0.2, 0.25) is 0 Å². The van der Waals surface area contributed by atoms with E-state index >= 15 is 0 Å². The predicted octanol–water partition coefficient (Wildman–Crippen LogP) is 6.14. The molecule has 3 amide bonds. The smallest absolute Gasteiger partial charge is 0.283 e. The van der Waals surface area contributed by atoms with Gasteiger partial charge >= 0.3 is 0 Å². The number of amides is 3. The molecule has 6 nitrogen and oxygen atoms in total. The number of carbonyl (C=O) groups excluding carboxylic acids is 3. The zero-order valence-electron chi connectivity index (χ0n) is 19.6. The Labute approximate surface area is 213 Å². The van der Waals surface area contributed by atoms with Crippen LogP contribution < -0.4 is 15.5 Å². The number of imide groups is 1. The molecule has 0 unspecified atom stereocenters. The number of hydrogen-bond donors (Lipinski definition) is 2. The van der Waals surface area contributed by atoms with E-state index in [1.807, 2.05) is 68.4 Å². The van der Waals surface area contributed by atoms with E-state index in [4.69, 9.17) is 11.6 Å². The average Bonchev–Trinajstić information content (AvgIpc) is 3.08. The summed E-state index contributed by atoms with van der Waals surface area (Å²) in [4.78, 5) is 40.1. The number of rotatable bonds is 5. The SMILES string of the molecule is Cc1ccc(N2C(=O)C(Cl)=C(Nc3cccc(C(=O)Nc4cccc5ccccc45)c3)C2=O)c(C)c1. The summed E-state index contributed by atoms with van der Waals surface area (Å²) in [6, 6.07) is 25.6. The van der Waals surface area contributed by atoms with E-state index in [-0.39, 0.29) is 16.6 Å². The first-order chi connectivity index (χ1) is 17.3. The highest BCUT2D eigenvalue weighted by Crippen LogP contribution is 2.32. The molecule has 1 aliphatic rings. The van der Waals surface area contributed by atoms with Gasteiger partial charge in [0.05, 0.1) is 5.69 Å². The van der Waals surface area contributed by atoms with Gasteiger partial charge in [0.25, 0.3) is 17.7 Å². The van der Waals surface area contributed by atoms with Gasteiger partial charge < -0.3 is 10.6 Å². The van der Waals surface area contributed by atoms with Gasteiger partial charge in [-0.3, -0.25) is 14.4 Å². The van der Waals surface area contributed by atoms with Gasteiger partial charge in [-0.25, -0.2) is 4.90 Å². The highest BCUT2D eigenvalue weighted by Gasteiger charge is 2.39. The molecule has 0 aliphatic carbocycles. The minimum atomic E-state index is -0.596. The number of aryl methyl sites for hydroxylation is 2. The van der Waals surface area contributed by atoms with Crippen molar-refractivity contribution in [3.05, 3.63) is 112 Å². The van der Waals surface area contributed by atoms with Crippen LogP contribution in [0, 0.1) is 13.8 Å². The molecule has 2 N–H and O–H groups in total. The van der Waals surface area contributed by atoms with Gasteiger partial charge in [-0.05, 0) is 55.1 Å². The summed E-state index contributed by atoms with van der Waals surface area (Å²) >= 11 is 6.29. The van der Waals surface area contributed by atoms with Crippen LogP contribution in [-0.2, 0) is 9.59 Å². The van der Waals surface area contributed by atoms with E-state index in [0.717, 1.165) is 26.8 Å². The lowest BCUT2D eigenvalue weighted by Gasteiger charge is -2.18. The fraction of sp³-hybridized carbons (Fsp3) is 0.0690. The Morgan fingerprint density at radius 2 is 1.58 bits per heavy atom. The first-order valence-corrected chi connectivity index (χ1v) is 11.7. The van der Waals surface area contributed by atoms with Crippen LogP contribution in [-0.4, -0.2) is 17.7 Å². The molecule has 1 heterocycles. The number of nitrogens with one attached hydrogen (secondary N) is 2. The maximum absolute atomic E-state index is 13.2. The second kappa shape index (κ2) is 9.32. The van der Waals surface area contributed by atoms with Crippen LogP contribution in [0.5, 0.6) is 0 Å². The number of hydrogen-bond acceptors (Lipinski definition) is 4. The lowest BCUT2D eigenvalue weighted by atomic mass is 10.1. The fourth-order valence-electron chi connectivity index (χ4n) is 4.30. The van der Waals surface area contributed by atoms with Gasteiger partial charge in [0.1, 0.15) is 10.7 Å². The number of halogens is 1. The van der Waals surface area contributed by atoms with E-state index in [9.17, 15) is 14.4 Å². The summed E-state index contributed by atoms with van der Waals surface area (Å²) < 4.78 is 0. The Kier molecular flexibility index (Phi) is 6.04. The molecule has 0 radical (unpaired) electrons. The molecule has 0 saturated heterocycles. The molecular formula is C29H22ClN3O3. The van der Waals surface area contributed by atoms with Crippen molar-refractivity contribution < 1.29 is 14.4 Å². The topological polar surface area (TPSA) is 78.5 Å². The molecule has 178 valence electrons. The summed E-state index contributed by atoms with van der Waals surface area (Å²) in [5.41, 5.74) is 3.79. The molecule has 5 rings (SSSR count). The van der Waals surface area contributed by atoms with Gasteiger partial charge in [-0.2, -0.15) is 0 Å². The maximum Gasteiger partial charge on any atom is 0.283 e. The average molecular weight is 496 g/mol. The molecule has 1 aliphatic heterocycles. The normalized spacial score (nSPS) is 13.5. The first kappa shape index (κ1) is 23.3. The van der Waals surface area contributed by atoms with Crippen molar-refractivity contribution in [1.29, 1.82) is 0 Å². The van der Waals surface area contributed by atoms with Crippen molar-refractivity contribution in [3.8, 4) is 0 Å². The van der Waals surface area contributed by atoms with Gasteiger partial charge in [0.15, 0.2) is 0 Å². The minimum absolute atomic E-state index is 0.0340. The molecule has 7 heteroatoms. The number of carbonyl (C=O) groups is 3. The molecule has 0 spiro atoms. The van der Waals surface area contributed by atoms with Crippen LogP contribution >= 0.6 is 11.6 Å². The number of fused-ring (bicyclic) bond motifs is 1. The third-order valence-electron chi connectivity index (χ3n) is 6.05. The third kappa shape index (κ3) is 4.23. The van der Waals surface area contributed by atoms with Gasteiger partial charge in [-0.15, -0.1) is 0 Å². The second-order valence-corrected chi connectivity index (χ2v) is 8.99. The van der Waals surface area contributed by atoms with Gasteiger partial charge in [-0.1, -0.05) is 71.8 Å². The van der Waals surface area contributed by atoms with Crippen LogP contribution in [0.1, 0.15) is 21.5 Å². The van der Waals surface area contributed by atoms with Crippen LogP contribution in [0.25, 0.3) is 10.8 Å². The largest absolute Gasteiger partial charge is 0.350 e. The van der Waals surface area contributed by atoms with E-state index in [1.165, 1.54) is 0 Å². The van der Waals surface area contributed by atoms with Gasteiger partial charge in [0, 0.05) is 22.3 Å². The van der Waals surface area contributed by atoms with E-state index in [0.29, 0.717) is 22.6 Å². The lowest BCUT2D eigenvalue weighted by molar-refractivity contribution is -0.120. The van der Waals surface area contributed by atoms with Crippen molar-refractivity contribution in [2.24, 2.45) is 0 Å². The summed E-state index contributed by atoms with van der Waals surface area (Å²) in [5.74, 6) is -1.45. The first-order valence-electron chi connectivity index (χ1n) is 11.4. The number of benzene rings is 4. The molecule has 4 aromatic rings. The molecule has 4 aromatic carbocycles. The highest BCUT2D eigenvalue weighted by atomic mass is 35.5. The Hall–Kier alpha value is -4.42. The third-order valence-corrected chi connectivity index (χ3v) is 6.40. The molecule has 0 saturated carbocycles. The van der Waals surface area contributed by atoms with Crippen LogP contribution in [0.4, 0.5) is 17.1 Å². The predicted molar refractivity (Wildman–Crippen MR) is 143 cm³/mol. The standard InChI is InChI=1S/C29H22ClN3O3/c1-17-13-14-24(18(2)15-17)33-28(35)25(30)26(29(33)36)31-21-10-5-9-20(16-21)27(34)32-23-12-6-8-19-7-3-4-11-22(19)23/h3-16,31H,1-2H3,(H,32,34). The molecule has 36 heavy (non-hydrogen) atoms. The van der Waals surface area contributed by atoms with Crippen molar-refractivity contribution >= 4 is 57.2 Å². The summed E-state index contributed by atoms with van der Waals surface area (Å²) in [6.07, 6.45) is 0. The number of anilines is 3. The lowest BCUT2D eigenvalue weighted by Crippen LogP contribution is -2.32. The van der Waals surface area contributed by atoms with Crippen molar-refractivity contribution in [1.82, 2.24) is 0 Å². The zero-order chi connectivity index (χ0) is 25.4. The summed E-state index contributed by atoms with van der Waals surface area (Å²) in [7, 11) is 0. The quantitative estimate of drug-likeness (QED) is 0.326. The second-order valence-electron chi connectivity index (χ2n) is 8.61. The fourth-order valence-corrected chi connectivity index (χ4v) is 4.51. The van der Waals surface area contributed by atoms with Crippen molar-refractivity contribution in [2.45, 2.75) is 13.8 Å². The Morgan fingerprint density at radius 1 is 0.833 bits per heavy atom. The molecular weight excluding hydrogens is 474 g/mol. The minimum Gasteiger partial charge on any atom is -0.350 e. The maximum atomic E-state index is 13.2. The van der Waals surface area contributed by atoms with Crippen LogP contribution in [0.3, 0.4) is 0 Å². The molecule has 0 atom stereocenters. The van der Waals surface area contributed by atoms with E-state index in [1.54, 1.807) is 30.3 Å². The van der Waals surface area contributed by atoms with Gasteiger partial charge in [0.2, 0.25) is 0 Å². The summed E-state index contributed by atoms with van der Waals surface area (Å²) in [5, 5.41) is 7.64. The zero-order valence-corrected chi connectivity index (χ0v) is 20.4. The summed E-state index contributed by atoms with van der Waals surface area (Å²) in [6.45, 7) is 3.77. The van der Waals surface area contributed by atoms with E-state index < -0.39 is 11.8 Å². The Morgan fingerprint density at radius 3 is 2.39 bits per heavy atom. The van der Waals surface area contributed by atoms with Crippen LogP contribution in [0.15, 0.2) is 95.7 Å². The Balaban J connectivity index is 1.38. The van der Waals surface area contributed by atoms with E-state index in [2.05, 4.69) is 10.6 Å². The molecule has 0 fully saturated rings. The highest BCUT2D eigenvalue weighted by molar-refractivity contribution is 6.53. The van der Waals surface area contributed by atoms with Crippen molar-refractivity contribution in [2.75, 3.05) is 15.5 Å². The Bertz CT molecular complexity index is 1590.